The minimum atomic E-state index is -4.63. The van der Waals surface area contributed by atoms with Crippen molar-refractivity contribution in [3.63, 3.8) is 0 Å². The fourth-order valence-corrected chi connectivity index (χ4v) is 3.10. The number of sulfonamides is 1. The molecule has 0 bridgehead atoms. The monoisotopic (exact) mass is 384 g/mol. The number of alkyl halides is 3. The Morgan fingerprint density at radius 3 is 2.35 bits per heavy atom. The van der Waals surface area contributed by atoms with Crippen LogP contribution in [0.4, 0.5) is 18.9 Å². The van der Waals surface area contributed by atoms with Crippen LogP contribution < -0.4 is 9.46 Å². The zero-order valence-electron chi connectivity index (χ0n) is 13.7. The van der Waals surface area contributed by atoms with E-state index >= 15 is 0 Å². The van der Waals surface area contributed by atoms with Crippen LogP contribution in [0.2, 0.25) is 0 Å². The largest absolute Gasteiger partial charge is 0.491 e. The van der Waals surface area contributed by atoms with Gasteiger partial charge in [0.15, 0.2) is 0 Å². The van der Waals surface area contributed by atoms with Crippen molar-refractivity contribution in [2.75, 3.05) is 11.3 Å². The summed E-state index contributed by atoms with van der Waals surface area (Å²) in [4.78, 5) is -0.185. The van der Waals surface area contributed by atoms with Crippen LogP contribution in [-0.2, 0) is 16.2 Å². The lowest BCUT2D eigenvalue weighted by Crippen LogP contribution is -2.15. The molecule has 0 unspecified atom stereocenters. The van der Waals surface area contributed by atoms with E-state index in [1.165, 1.54) is 24.3 Å². The van der Waals surface area contributed by atoms with Gasteiger partial charge in [0.25, 0.3) is 10.0 Å². The minimum Gasteiger partial charge on any atom is -0.491 e. The number of nitriles is 1. The predicted molar refractivity (Wildman–Crippen MR) is 89.2 cm³/mol. The standard InChI is InChI=1S/C17H15F3N2O3S/c1-2-9-25-16-8-5-13(17(18,19)20)10-15(16)22-26(23,24)14-6-3-12(11-21)4-7-14/h3-8,10,22H,2,9H2,1H3. The Bertz CT molecular complexity index is 918. The van der Waals surface area contributed by atoms with Gasteiger partial charge in [0.2, 0.25) is 0 Å². The summed E-state index contributed by atoms with van der Waals surface area (Å²) in [5, 5.41) is 8.75. The van der Waals surface area contributed by atoms with Crippen LogP contribution in [0.1, 0.15) is 24.5 Å². The fourth-order valence-electron chi connectivity index (χ4n) is 2.04. The van der Waals surface area contributed by atoms with Crippen LogP contribution in [0.25, 0.3) is 0 Å². The normalized spacial score (nSPS) is 11.7. The lowest BCUT2D eigenvalue weighted by molar-refractivity contribution is -0.137. The number of ether oxygens (including phenoxy) is 1. The number of anilines is 1. The first-order valence-electron chi connectivity index (χ1n) is 7.54. The summed E-state index contributed by atoms with van der Waals surface area (Å²) in [5.74, 6) is -0.00271. The third-order valence-corrected chi connectivity index (χ3v) is 4.69. The second-order valence-corrected chi connectivity index (χ2v) is 6.98. The molecule has 0 saturated carbocycles. The molecule has 0 aliphatic heterocycles. The smallest absolute Gasteiger partial charge is 0.416 e. The van der Waals surface area contributed by atoms with Crippen LogP contribution in [0, 0.1) is 11.3 Å². The first kappa shape index (κ1) is 19.6. The first-order valence-corrected chi connectivity index (χ1v) is 9.02. The Balaban J connectivity index is 2.42. The summed E-state index contributed by atoms with van der Waals surface area (Å²) in [5.41, 5.74) is -1.05. The molecule has 1 N–H and O–H groups in total. The molecule has 0 fully saturated rings. The Labute approximate surface area is 149 Å². The van der Waals surface area contributed by atoms with Gasteiger partial charge in [-0.05, 0) is 48.9 Å². The lowest BCUT2D eigenvalue weighted by atomic mass is 10.2. The third-order valence-electron chi connectivity index (χ3n) is 3.31. The molecule has 2 aromatic carbocycles. The average Bonchev–Trinajstić information content (AvgIpc) is 2.59. The molecule has 5 nitrogen and oxygen atoms in total. The molecular formula is C17H15F3N2O3S. The molecule has 0 aliphatic carbocycles. The van der Waals surface area contributed by atoms with Gasteiger partial charge < -0.3 is 4.74 Å². The number of nitrogens with one attached hydrogen (secondary N) is 1. The minimum absolute atomic E-state index is 0.00271. The number of rotatable bonds is 6. The van der Waals surface area contributed by atoms with E-state index < -0.39 is 21.8 Å². The highest BCUT2D eigenvalue weighted by Gasteiger charge is 2.32. The second kappa shape index (κ2) is 7.66. The Kier molecular flexibility index (Phi) is 5.77. The summed E-state index contributed by atoms with van der Waals surface area (Å²) in [7, 11) is -4.15. The summed E-state index contributed by atoms with van der Waals surface area (Å²) < 4.78 is 71.2. The number of hydrogen-bond acceptors (Lipinski definition) is 4. The summed E-state index contributed by atoms with van der Waals surface area (Å²) >= 11 is 0. The predicted octanol–water partition coefficient (Wildman–Crippen LogP) is 4.17. The van der Waals surface area contributed by atoms with Gasteiger partial charge in [0.1, 0.15) is 5.75 Å². The van der Waals surface area contributed by atoms with Crippen LogP contribution in [-0.4, -0.2) is 15.0 Å². The molecule has 0 radical (unpaired) electrons. The molecule has 9 heteroatoms. The topological polar surface area (TPSA) is 79.2 Å². The quantitative estimate of drug-likeness (QED) is 0.811. The Hall–Kier alpha value is -2.73. The molecule has 0 atom stereocenters. The highest BCUT2D eigenvalue weighted by Crippen LogP contribution is 2.36. The summed E-state index contributed by atoms with van der Waals surface area (Å²) in [6.45, 7) is 2.03. The summed E-state index contributed by atoms with van der Waals surface area (Å²) in [6.07, 6.45) is -4.03. The maximum Gasteiger partial charge on any atom is 0.416 e. The van der Waals surface area contributed by atoms with Gasteiger partial charge >= 0.3 is 6.18 Å². The summed E-state index contributed by atoms with van der Waals surface area (Å²) in [6, 6.07) is 9.43. The first-order chi connectivity index (χ1) is 12.2. The molecule has 138 valence electrons. The van der Waals surface area contributed by atoms with Crippen molar-refractivity contribution in [2.45, 2.75) is 24.4 Å². The highest BCUT2D eigenvalue weighted by molar-refractivity contribution is 7.92. The fraction of sp³-hybridized carbons (Fsp3) is 0.235. The van der Waals surface area contributed by atoms with Crippen molar-refractivity contribution in [3.8, 4) is 11.8 Å². The molecular weight excluding hydrogens is 369 g/mol. The van der Waals surface area contributed by atoms with Crippen molar-refractivity contribution < 1.29 is 26.3 Å². The number of benzene rings is 2. The van der Waals surface area contributed by atoms with E-state index in [0.717, 1.165) is 12.1 Å². The zero-order chi connectivity index (χ0) is 19.4. The molecule has 0 aromatic heterocycles. The molecule has 0 amide bonds. The van der Waals surface area contributed by atoms with Gasteiger partial charge in [-0.1, -0.05) is 6.92 Å². The van der Waals surface area contributed by atoms with E-state index in [0.29, 0.717) is 12.5 Å². The molecule has 0 spiro atoms. The van der Waals surface area contributed by atoms with Crippen molar-refractivity contribution in [3.05, 3.63) is 53.6 Å². The highest BCUT2D eigenvalue weighted by atomic mass is 32.2. The lowest BCUT2D eigenvalue weighted by Gasteiger charge is -2.16. The van der Waals surface area contributed by atoms with Crippen molar-refractivity contribution in [1.82, 2.24) is 0 Å². The molecule has 26 heavy (non-hydrogen) atoms. The SMILES string of the molecule is CCCOc1ccc(C(F)(F)F)cc1NS(=O)(=O)c1ccc(C#N)cc1. The maximum atomic E-state index is 12.9. The van der Waals surface area contributed by atoms with E-state index in [-0.39, 0.29) is 28.5 Å². The van der Waals surface area contributed by atoms with Crippen LogP contribution >= 0.6 is 0 Å². The van der Waals surface area contributed by atoms with E-state index in [2.05, 4.69) is 4.72 Å². The van der Waals surface area contributed by atoms with Gasteiger partial charge in [-0.3, -0.25) is 4.72 Å². The van der Waals surface area contributed by atoms with Crippen LogP contribution in [0.15, 0.2) is 47.4 Å². The van der Waals surface area contributed by atoms with E-state index in [1.54, 1.807) is 0 Å². The van der Waals surface area contributed by atoms with E-state index in [4.69, 9.17) is 10.00 Å². The average molecular weight is 384 g/mol. The van der Waals surface area contributed by atoms with Crippen LogP contribution in [0.3, 0.4) is 0 Å². The van der Waals surface area contributed by atoms with Crippen molar-refractivity contribution >= 4 is 15.7 Å². The number of hydrogen-bond donors (Lipinski definition) is 1. The van der Waals surface area contributed by atoms with E-state index in [9.17, 15) is 21.6 Å². The Morgan fingerprint density at radius 1 is 1.15 bits per heavy atom. The maximum absolute atomic E-state index is 12.9. The number of halogens is 3. The molecule has 2 rings (SSSR count). The van der Waals surface area contributed by atoms with Gasteiger partial charge in [-0.2, -0.15) is 18.4 Å². The third kappa shape index (κ3) is 4.67. The van der Waals surface area contributed by atoms with Gasteiger partial charge in [0, 0.05) is 0 Å². The Morgan fingerprint density at radius 2 is 1.81 bits per heavy atom. The van der Waals surface area contributed by atoms with Gasteiger partial charge in [-0.25, -0.2) is 8.42 Å². The van der Waals surface area contributed by atoms with Crippen molar-refractivity contribution in [2.24, 2.45) is 0 Å². The zero-order valence-corrected chi connectivity index (χ0v) is 14.5. The van der Waals surface area contributed by atoms with Gasteiger partial charge in [0.05, 0.1) is 34.4 Å². The molecule has 2 aromatic rings. The number of nitrogens with zero attached hydrogens (tertiary/aromatic N) is 1. The van der Waals surface area contributed by atoms with Gasteiger partial charge in [-0.15, -0.1) is 0 Å². The van der Waals surface area contributed by atoms with Crippen molar-refractivity contribution in [1.29, 1.82) is 5.26 Å². The molecule has 0 saturated heterocycles. The van der Waals surface area contributed by atoms with E-state index in [1.807, 2.05) is 13.0 Å². The molecule has 0 aliphatic rings. The second-order valence-electron chi connectivity index (χ2n) is 5.30. The van der Waals surface area contributed by atoms with Crippen LogP contribution in [0.5, 0.6) is 5.75 Å². The molecule has 0 heterocycles.